The largest absolute Gasteiger partial charge is 0.417 e. The molecule has 1 aromatic heterocycles. The smallest absolute Gasteiger partial charge is 0.346 e. The summed E-state index contributed by atoms with van der Waals surface area (Å²) in [7, 11) is 1.30. The van der Waals surface area contributed by atoms with Gasteiger partial charge in [0, 0.05) is 41.8 Å². The molecule has 1 unspecified atom stereocenters. The van der Waals surface area contributed by atoms with Crippen LogP contribution in [0.4, 0.5) is 13.2 Å². The summed E-state index contributed by atoms with van der Waals surface area (Å²) < 4.78 is 43.8. The van der Waals surface area contributed by atoms with E-state index in [1.165, 1.54) is 25.2 Å². The molecule has 0 saturated carbocycles. The van der Waals surface area contributed by atoms with Crippen LogP contribution in [0.3, 0.4) is 0 Å². The summed E-state index contributed by atoms with van der Waals surface area (Å²) in [5.41, 5.74) is 0.791. The SMILES string of the molecule is CN1N=C(c2ccc3c(c2)C(=N)N(Cc2ccccn2)C3)CC1(c1cc(Cl)cc(Cl)c1)C(F)(F)F. The van der Waals surface area contributed by atoms with Gasteiger partial charge in [0.15, 0.2) is 5.54 Å². The van der Waals surface area contributed by atoms with E-state index in [2.05, 4.69) is 10.1 Å². The summed E-state index contributed by atoms with van der Waals surface area (Å²) in [5.74, 6) is 0.308. The van der Waals surface area contributed by atoms with Crippen molar-refractivity contribution in [1.82, 2.24) is 14.9 Å². The van der Waals surface area contributed by atoms with Crippen molar-refractivity contribution in [2.24, 2.45) is 5.10 Å². The molecule has 3 aromatic rings. The molecule has 180 valence electrons. The van der Waals surface area contributed by atoms with Gasteiger partial charge in [-0.1, -0.05) is 41.4 Å². The van der Waals surface area contributed by atoms with E-state index in [0.717, 1.165) is 16.3 Å². The molecule has 0 spiro atoms. The van der Waals surface area contributed by atoms with Crippen molar-refractivity contribution >= 4 is 34.7 Å². The highest BCUT2D eigenvalue weighted by Gasteiger charge is 2.62. The first-order valence-electron chi connectivity index (χ1n) is 10.8. The molecule has 0 fully saturated rings. The number of rotatable bonds is 4. The second-order valence-corrected chi connectivity index (χ2v) is 9.53. The molecule has 35 heavy (non-hydrogen) atoms. The second-order valence-electron chi connectivity index (χ2n) is 8.66. The third kappa shape index (κ3) is 4.04. The van der Waals surface area contributed by atoms with E-state index in [1.54, 1.807) is 18.3 Å². The topological polar surface area (TPSA) is 55.6 Å². The Morgan fingerprint density at radius 2 is 1.80 bits per heavy atom. The van der Waals surface area contributed by atoms with E-state index in [-0.39, 0.29) is 21.3 Å². The van der Waals surface area contributed by atoms with Crippen LogP contribution >= 0.6 is 23.2 Å². The average Bonchev–Trinajstić information content (AvgIpc) is 3.31. The molecule has 0 bridgehead atoms. The first-order chi connectivity index (χ1) is 16.6. The van der Waals surface area contributed by atoms with Gasteiger partial charge in [0.1, 0.15) is 5.84 Å². The quantitative estimate of drug-likeness (QED) is 0.446. The second kappa shape index (κ2) is 8.53. The third-order valence-electron chi connectivity index (χ3n) is 6.51. The maximum atomic E-state index is 14.6. The van der Waals surface area contributed by atoms with Crippen molar-refractivity contribution in [3.05, 3.63) is 98.8 Å². The van der Waals surface area contributed by atoms with Gasteiger partial charge in [0.2, 0.25) is 0 Å². The first-order valence-corrected chi connectivity index (χ1v) is 11.6. The van der Waals surface area contributed by atoms with Gasteiger partial charge in [-0.05, 0) is 53.1 Å². The highest BCUT2D eigenvalue weighted by molar-refractivity contribution is 6.34. The fraction of sp³-hybridized carbons (Fsp3) is 0.240. The lowest BCUT2D eigenvalue weighted by molar-refractivity contribution is -0.227. The number of nitrogens with one attached hydrogen (secondary N) is 1. The molecule has 10 heteroatoms. The number of alkyl halides is 3. The highest BCUT2D eigenvalue weighted by atomic mass is 35.5. The lowest BCUT2D eigenvalue weighted by Crippen LogP contribution is -2.50. The number of amidine groups is 1. The van der Waals surface area contributed by atoms with E-state index < -0.39 is 18.1 Å². The van der Waals surface area contributed by atoms with Gasteiger partial charge in [-0.25, -0.2) is 0 Å². The molecule has 2 aromatic carbocycles. The number of nitrogens with zero attached hydrogens (tertiary/aromatic N) is 4. The van der Waals surface area contributed by atoms with Crippen LogP contribution in [0.1, 0.15) is 34.4 Å². The van der Waals surface area contributed by atoms with Gasteiger partial charge in [-0.15, -0.1) is 0 Å². The van der Waals surface area contributed by atoms with Crippen LogP contribution in [-0.4, -0.2) is 39.7 Å². The summed E-state index contributed by atoms with van der Waals surface area (Å²) in [6.07, 6.45) is -3.35. The third-order valence-corrected chi connectivity index (χ3v) is 6.95. The Balaban J connectivity index is 1.47. The van der Waals surface area contributed by atoms with E-state index in [4.69, 9.17) is 28.6 Å². The van der Waals surface area contributed by atoms with Crippen molar-refractivity contribution in [2.45, 2.75) is 31.2 Å². The Labute approximate surface area is 210 Å². The Hall–Kier alpha value is -3.10. The minimum Gasteiger partial charge on any atom is -0.346 e. The summed E-state index contributed by atoms with van der Waals surface area (Å²) in [5, 5.41) is 14.1. The van der Waals surface area contributed by atoms with Crippen molar-refractivity contribution in [3.8, 4) is 0 Å². The van der Waals surface area contributed by atoms with Crippen molar-refractivity contribution < 1.29 is 13.2 Å². The van der Waals surface area contributed by atoms with E-state index in [1.807, 2.05) is 29.2 Å². The van der Waals surface area contributed by atoms with Crippen LogP contribution < -0.4 is 0 Å². The van der Waals surface area contributed by atoms with Gasteiger partial charge >= 0.3 is 6.18 Å². The van der Waals surface area contributed by atoms with Crippen LogP contribution in [0, 0.1) is 5.41 Å². The number of hydrogen-bond donors (Lipinski definition) is 1. The van der Waals surface area contributed by atoms with Crippen molar-refractivity contribution in [2.75, 3.05) is 7.05 Å². The summed E-state index contributed by atoms with van der Waals surface area (Å²) in [4.78, 5) is 6.20. The summed E-state index contributed by atoms with van der Waals surface area (Å²) >= 11 is 12.1. The van der Waals surface area contributed by atoms with Crippen LogP contribution in [-0.2, 0) is 18.6 Å². The highest BCUT2D eigenvalue weighted by Crippen LogP contribution is 2.50. The lowest BCUT2D eigenvalue weighted by Gasteiger charge is -2.37. The number of fused-ring (bicyclic) bond motifs is 1. The number of hydrazone groups is 1. The van der Waals surface area contributed by atoms with E-state index in [9.17, 15) is 13.2 Å². The molecule has 2 aliphatic rings. The molecule has 5 nitrogen and oxygen atoms in total. The number of hydrogen-bond acceptors (Lipinski definition) is 4. The fourth-order valence-electron chi connectivity index (χ4n) is 4.74. The van der Waals surface area contributed by atoms with Gasteiger partial charge in [-0.3, -0.25) is 15.4 Å². The molecule has 0 aliphatic carbocycles. The predicted octanol–water partition coefficient (Wildman–Crippen LogP) is 6.23. The first kappa shape index (κ1) is 23.6. The minimum absolute atomic E-state index is 0.0702. The van der Waals surface area contributed by atoms with Crippen LogP contribution in [0.5, 0.6) is 0 Å². The number of halogens is 5. The van der Waals surface area contributed by atoms with Gasteiger partial charge in [-0.2, -0.15) is 18.3 Å². The molecule has 5 rings (SSSR count). The Morgan fingerprint density at radius 3 is 2.46 bits per heavy atom. The molecule has 1 N–H and O–H groups in total. The molecule has 0 radical (unpaired) electrons. The van der Waals surface area contributed by atoms with Crippen LogP contribution in [0.15, 0.2) is 65.9 Å². The van der Waals surface area contributed by atoms with Gasteiger partial charge < -0.3 is 4.90 Å². The maximum absolute atomic E-state index is 14.6. The zero-order chi connectivity index (χ0) is 25.0. The molecule has 1 atom stereocenters. The van der Waals surface area contributed by atoms with Crippen molar-refractivity contribution in [3.63, 3.8) is 0 Å². The Bertz CT molecular complexity index is 1320. The summed E-state index contributed by atoms with van der Waals surface area (Å²) in [6, 6.07) is 14.9. The number of pyridine rings is 1. The van der Waals surface area contributed by atoms with E-state index >= 15 is 0 Å². The van der Waals surface area contributed by atoms with Gasteiger partial charge in [0.25, 0.3) is 0 Å². The zero-order valence-corrected chi connectivity index (χ0v) is 20.1. The maximum Gasteiger partial charge on any atom is 0.417 e. The fourth-order valence-corrected chi connectivity index (χ4v) is 5.26. The molecular formula is C25H20Cl2F3N5. The monoisotopic (exact) mass is 517 g/mol. The minimum atomic E-state index is -4.65. The van der Waals surface area contributed by atoms with E-state index in [0.29, 0.717) is 30.1 Å². The van der Waals surface area contributed by atoms with Gasteiger partial charge in [0.05, 0.1) is 18.0 Å². The Kier molecular flexibility index (Phi) is 5.76. The molecular weight excluding hydrogens is 498 g/mol. The normalized spacial score (nSPS) is 19.8. The zero-order valence-electron chi connectivity index (χ0n) is 18.6. The predicted molar refractivity (Wildman–Crippen MR) is 130 cm³/mol. The number of aromatic nitrogens is 1. The molecule has 3 heterocycles. The van der Waals surface area contributed by atoms with Crippen LogP contribution in [0.25, 0.3) is 0 Å². The Morgan fingerprint density at radius 1 is 1.06 bits per heavy atom. The van der Waals surface area contributed by atoms with Crippen LogP contribution in [0.2, 0.25) is 10.0 Å². The number of benzene rings is 2. The lowest BCUT2D eigenvalue weighted by atomic mass is 9.83. The molecule has 2 aliphatic heterocycles. The molecule has 0 saturated heterocycles. The standard InChI is InChI=1S/C25H20Cl2F3N5/c1-34-24(25(28,29)30,17-9-18(26)11-19(27)10-17)12-22(33-34)15-5-6-16-13-35(23(31)21(16)8-15)14-20-4-2-3-7-32-20/h2-11,31H,12-14H2,1H3. The van der Waals surface area contributed by atoms with Crippen molar-refractivity contribution in [1.29, 1.82) is 5.41 Å². The molecule has 0 amide bonds. The summed E-state index contributed by atoms with van der Waals surface area (Å²) in [6.45, 7) is 1.00. The average molecular weight is 518 g/mol.